The molecule has 0 unspecified atom stereocenters. The summed E-state index contributed by atoms with van der Waals surface area (Å²) in [6.45, 7) is 0. The van der Waals surface area contributed by atoms with Crippen LogP contribution in [-0.4, -0.2) is 0 Å². The third-order valence-electron chi connectivity index (χ3n) is 4.42. The summed E-state index contributed by atoms with van der Waals surface area (Å²) in [5.41, 5.74) is 4.25. The smallest absolute Gasteiger partial charge is 0.136 e. The zero-order valence-corrected chi connectivity index (χ0v) is 21.3. The van der Waals surface area contributed by atoms with Crippen molar-refractivity contribution in [1.82, 2.24) is 0 Å². The highest BCUT2D eigenvalue weighted by Gasteiger charge is 2.13. The second-order valence-electron chi connectivity index (χ2n) is 6.40. The van der Waals surface area contributed by atoms with Gasteiger partial charge in [-0.3, -0.25) is 0 Å². The van der Waals surface area contributed by atoms with E-state index in [2.05, 4.69) is 100 Å². The van der Waals surface area contributed by atoms with Crippen LogP contribution >= 0.6 is 63.7 Å². The molecule has 0 atom stereocenters. The first kappa shape index (κ1) is 20.9. The van der Waals surface area contributed by atoms with Gasteiger partial charge in [0.25, 0.3) is 0 Å². The minimum Gasteiger partial charge on any atom is -0.456 e. The van der Waals surface area contributed by atoms with Crippen molar-refractivity contribution in [1.29, 1.82) is 0 Å². The Bertz CT molecular complexity index is 1060. The van der Waals surface area contributed by atoms with Crippen LogP contribution in [0.25, 0.3) is 22.3 Å². The first-order valence-electron chi connectivity index (χ1n) is 8.78. The molecular weight excluding hydrogens is 624 g/mol. The first-order valence-corrected chi connectivity index (χ1v) is 12.0. The van der Waals surface area contributed by atoms with Crippen molar-refractivity contribution < 1.29 is 4.74 Å². The summed E-state index contributed by atoms with van der Waals surface area (Å²) >= 11 is 14.2. The van der Waals surface area contributed by atoms with Crippen LogP contribution < -0.4 is 4.74 Å². The molecule has 4 aromatic carbocycles. The van der Waals surface area contributed by atoms with E-state index in [4.69, 9.17) is 4.74 Å². The van der Waals surface area contributed by atoms with Crippen molar-refractivity contribution in [3.8, 4) is 33.8 Å². The molecular formula is C24H14Br4O. The summed E-state index contributed by atoms with van der Waals surface area (Å²) in [7, 11) is 0. The van der Waals surface area contributed by atoms with E-state index in [0.29, 0.717) is 0 Å². The van der Waals surface area contributed by atoms with Gasteiger partial charge >= 0.3 is 0 Å². The number of hydrogen-bond donors (Lipinski definition) is 0. The van der Waals surface area contributed by atoms with Crippen LogP contribution in [0, 0.1) is 0 Å². The maximum atomic E-state index is 6.49. The highest BCUT2D eigenvalue weighted by molar-refractivity contribution is 9.11. The van der Waals surface area contributed by atoms with Crippen LogP contribution in [0.3, 0.4) is 0 Å². The van der Waals surface area contributed by atoms with Crippen molar-refractivity contribution in [2.75, 3.05) is 0 Å². The molecule has 0 aromatic heterocycles. The summed E-state index contributed by atoms with van der Waals surface area (Å²) in [5.74, 6) is 1.58. The van der Waals surface area contributed by atoms with Crippen molar-refractivity contribution in [2.24, 2.45) is 0 Å². The van der Waals surface area contributed by atoms with Crippen LogP contribution in [0.2, 0.25) is 0 Å². The molecule has 4 rings (SSSR count). The molecule has 0 saturated heterocycles. The van der Waals surface area contributed by atoms with Gasteiger partial charge in [-0.25, -0.2) is 0 Å². The Morgan fingerprint density at radius 1 is 0.414 bits per heavy atom. The molecule has 0 saturated carbocycles. The van der Waals surface area contributed by atoms with Crippen molar-refractivity contribution in [3.63, 3.8) is 0 Å². The Balaban J connectivity index is 1.80. The number of rotatable bonds is 4. The van der Waals surface area contributed by atoms with Gasteiger partial charge in [0, 0.05) is 29.0 Å². The zero-order valence-electron chi connectivity index (χ0n) is 15.0. The monoisotopic (exact) mass is 634 g/mol. The van der Waals surface area contributed by atoms with Crippen LogP contribution in [0.4, 0.5) is 0 Å². The molecule has 0 aliphatic rings. The van der Waals surface area contributed by atoms with E-state index >= 15 is 0 Å². The molecule has 0 aliphatic heterocycles. The largest absolute Gasteiger partial charge is 0.456 e. The molecule has 29 heavy (non-hydrogen) atoms. The molecule has 4 aromatic rings. The standard InChI is InChI=1S/C24H14Br4O/c25-17-5-1-15(2-6-17)21-11-9-19(27)13-23(21)29-24-14-20(28)10-12-22(24)16-3-7-18(26)8-4-16/h1-14H. The maximum absolute atomic E-state index is 6.49. The summed E-state index contributed by atoms with van der Waals surface area (Å²) in [6, 6.07) is 28.7. The van der Waals surface area contributed by atoms with Gasteiger partial charge in [0.15, 0.2) is 0 Å². The van der Waals surface area contributed by atoms with Gasteiger partial charge in [0.05, 0.1) is 0 Å². The fourth-order valence-electron chi connectivity index (χ4n) is 3.02. The van der Waals surface area contributed by atoms with Crippen molar-refractivity contribution in [2.45, 2.75) is 0 Å². The number of benzene rings is 4. The summed E-state index contributed by atoms with van der Waals surface area (Å²) in [6.07, 6.45) is 0. The second kappa shape index (κ2) is 9.17. The van der Waals surface area contributed by atoms with Gasteiger partial charge in [-0.1, -0.05) is 88.0 Å². The second-order valence-corrected chi connectivity index (χ2v) is 10.1. The molecule has 0 N–H and O–H groups in total. The molecule has 144 valence electrons. The quantitative estimate of drug-likeness (QED) is 0.216. The Morgan fingerprint density at radius 3 is 1.14 bits per heavy atom. The fourth-order valence-corrected chi connectivity index (χ4v) is 4.22. The average Bonchev–Trinajstić information content (AvgIpc) is 2.70. The molecule has 0 spiro atoms. The van der Waals surface area contributed by atoms with E-state index in [9.17, 15) is 0 Å². The minimum atomic E-state index is 0.790. The van der Waals surface area contributed by atoms with Crippen molar-refractivity contribution in [3.05, 3.63) is 103 Å². The van der Waals surface area contributed by atoms with Gasteiger partial charge in [0.1, 0.15) is 11.5 Å². The van der Waals surface area contributed by atoms with E-state index in [1.807, 2.05) is 48.5 Å². The lowest BCUT2D eigenvalue weighted by molar-refractivity contribution is 0.485. The third kappa shape index (κ3) is 5.02. The topological polar surface area (TPSA) is 9.23 Å². The molecule has 5 heteroatoms. The van der Waals surface area contributed by atoms with Crippen molar-refractivity contribution >= 4 is 63.7 Å². The van der Waals surface area contributed by atoms with Crippen LogP contribution in [0.1, 0.15) is 0 Å². The molecule has 0 bridgehead atoms. The first-order chi connectivity index (χ1) is 14.0. The summed E-state index contributed by atoms with van der Waals surface area (Å²) < 4.78 is 10.5. The molecule has 0 aliphatic carbocycles. The molecule has 1 nitrogen and oxygen atoms in total. The lowest BCUT2D eigenvalue weighted by Gasteiger charge is -2.16. The normalized spacial score (nSPS) is 10.8. The Labute approximate surface area is 203 Å². The predicted molar refractivity (Wildman–Crippen MR) is 135 cm³/mol. The number of hydrogen-bond acceptors (Lipinski definition) is 1. The van der Waals surface area contributed by atoms with Gasteiger partial charge in [-0.05, 0) is 71.8 Å². The average molecular weight is 638 g/mol. The third-order valence-corrected chi connectivity index (χ3v) is 6.46. The van der Waals surface area contributed by atoms with Gasteiger partial charge in [-0.2, -0.15) is 0 Å². The van der Waals surface area contributed by atoms with E-state index in [1.54, 1.807) is 0 Å². The number of ether oxygens (including phenoxy) is 1. The maximum Gasteiger partial charge on any atom is 0.136 e. The molecule has 0 heterocycles. The SMILES string of the molecule is Brc1ccc(-c2ccc(Br)cc2Oc2cc(Br)ccc2-c2ccc(Br)cc2)cc1. The highest BCUT2D eigenvalue weighted by atomic mass is 79.9. The Kier molecular flexibility index (Phi) is 6.60. The summed E-state index contributed by atoms with van der Waals surface area (Å²) in [5, 5.41) is 0. The van der Waals surface area contributed by atoms with Gasteiger partial charge in [0.2, 0.25) is 0 Å². The molecule has 0 amide bonds. The lowest BCUT2D eigenvalue weighted by Crippen LogP contribution is -1.92. The molecule has 0 fully saturated rings. The zero-order chi connectivity index (χ0) is 20.4. The minimum absolute atomic E-state index is 0.790. The van der Waals surface area contributed by atoms with E-state index in [0.717, 1.165) is 51.6 Å². The fraction of sp³-hybridized carbons (Fsp3) is 0. The highest BCUT2D eigenvalue weighted by Crippen LogP contribution is 2.40. The van der Waals surface area contributed by atoms with Gasteiger partial charge in [-0.15, -0.1) is 0 Å². The number of halogens is 4. The van der Waals surface area contributed by atoms with E-state index < -0.39 is 0 Å². The molecule has 0 radical (unpaired) electrons. The Morgan fingerprint density at radius 2 is 0.759 bits per heavy atom. The van der Waals surface area contributed by atoms with E-state index in [-0.39, 0.29) is 0 Å². The van der Waals surface area contributed by atoms with Gasteiger partial charge < -0.3 is 4.74 Å². The predicted octanol–water partition coefficient (Wildman–Crippen LogP) is 9.86. The lowest BCUT2D eigenvalue weighted by atomic mass is 10.0. The Hall–Kier alpha value is -1.40. The summed E-state index contributed by atoms with van der Waals surface area (Å²) in [4.78, 5) is 0. The van der Waals surface area contributed by atoms with E-state index in [1.165, 1.54) is 0 Å². The van der Waals surface area contributed by atoms with Crippen LogP contribution in [0.15, 0.2) is 103 Å². The van der Waals surface area contributed by atoms with Crippen LogP contribution in [-0.2, 0) is 0 Å². The van der Waals surface area contributed by atoms with Crippen LogP contribution in [0.5, 0.6) is 11.5 Å².